The number of hydrogen-bond acceptors (Lipinski definition) is 1. The van der Waals surface area contributed by atoms with Crippen LogP contribution in [0.5, 0.6) is 0 Å². The summed E-state index contributed by atoms with van der Waals surface area (Å²) in [5.41, 5.74) is 1.70. The zero-order valence-corrected chi connectivity index (χ0v) is 17.3. The van der Waals surface area contributed by atoms with Crippen LogP contribution in [0.2, 0.25) is 5.02 Å². The van der Waals surface area contributed by atoms with Crippen molar-refractivity contribution < 1.29 is 13.2 Å². The summed E-state index contributed by atoms with van der Waals surface area (Å²) in [4.78, 5) is 0. The van der Waals surface area contributed by atoms with Crippen molar-refractivity contribution in [2.24, 2.45) is 0 Å². The van der Waals surface area contributed by atoms with Gasteiger partial charge >= 0.3 is 0 Å². The van der Waals surface area contributed by atoms with Gasteiger partial charge in [0.1, 0.15) is 17.3 Å². The highest BCUT2D eigenvalue weighted by Gasteiger charge is 2.26. The Morgan fingerprint density at radius 3 is 2.67 bits per heavy atom. The third-order valence-corrected chi connectivity index (χ3v) is 5.46. The van der Waals surface area contributed by atoms with Crippen molar-refractivity contribution in [3.8, 4) is 0 Å². The van der Waals surface area contributed by atoms with Gasteiger partial charge in [-0.05, 0) is 55.7 Å². The van der Waals surface area contributed by atoms with Crippen molar-refractivity contribution in [1.29, 1.82) is 0 Å². The Morgan fingerprint density at radius 1 is 1.13 bits per heavy atom. The van der Waals surface area contributed by atoms with Crippen molar-refractivity contribution in [2.75, 3.05) is 0 Å². The van der Waals surface area contributed by atoms with Crippen molar-refractivity contribution >= 4 is 28.1 Å². The van der Waals surface area contributed by atoms with Crippen molar-refractivity contribution in [1.82, 2.24) is 9.78 Å². The van der Waals surface area contributed by atoms with Crippen LogP contribution in [-0.4, -0.2) is 9.78 Å². The maximum Gasteiger partial charge on any atom is 0.132 e. The van der Waals surface area contributed by atoms with Crippen LogP contribution in [0, 0.1) is 5.82 Å². The molecule has 2 nitrogen and oxygen atoms in total. The van der Waals surface area contributed by atoms with E-state index >= 15 is 0 Å². The summed E-state index contributed by atoms with van der Waals surface area (Å²) < 4.78 is 43.8. The molecule has 0 atom stereocenters. The molecule has 0 bridgehead atoms. The highest BCUT2D eigenvalue weighted by Crippen LogP contribution is 2.36. The number of halogens is 4. The molecule has 0 fully saturated rings. The number of rotatable bonds is 4. The molecule has 2 aromatic carbocycles. The molecule has 1 aliphatic carbocycles. The molecule has 30 heavy (non-hydrogen) atoms. The van der Waals surface area contributed by atoms with E-state index in [1.807, 2.05) is 6.07 Å². The van der Waals surface area contributed by atoms with Crippen LogP contribution in [-0.2, 0) is 12.2 Å². The van der Waals surface area contributed by atoms with E-state index in [-0.39, 0.29) is 17.4 Å². The fourth-order valence-electron chi connectivity index (χ4n) is 3.67. The lowest BCUT2D eigenvalue weighted by Crippen LogP contribution is -2.10. The molecule has 0 aliphatic heterocycles. The Balaban J connectivity index is 1.95. The monoisotopic (exact) mass is 428 g/mol. The summed E-state index contributed by atoms with van der Waals surface area (Å²) in [7, 11) is 0. The van der Waals surface area contributed by atoms with E-state index in [1.54, 1.807) is 35.0 Å². The van der Waals surface area contributed by atoms with Gasteiger partial charge in [0.2, 0.25) is 0 Å². The summed E-state index contributed by atoms with van der Waals surface area (Å²) in [6.45, 7) is 3.24. The van der Waals surface area contributed by atoms with Crippen LogP contribution in [0.4, 0.5) is 13.2 Å². The number of allylic oxidation sites excluding steroid dienone is 6. The zero-order chi connectivity index (χ0) is 21.5. The number of alkyl halides is 1. The minimum atomic E-state index is -1.59. The van der Waals surface area contributed by atoms with Crippen LogP contribution in [0.15, 0.2) is 66.5 Å². The van der Waals surface area contributed by atoms with Gasteiger partial charge in [0.15, 0.2) is 0 Å². The first kappa shape index (κ1) is 20.5. The maximum atomic E-state index is 14.9. The Kier molecular flexibility index (Phi) is 5.33. The Bertz CT molecular complexity index is 1210. The van der Waals surface area contributed by atoms with Crippen LogP contribution < -0.4 is 0 Å². The second-order valence-corrected chi connectivity index (χ2v) is 8.17. The molecule has 4 rings (SSSR count). The Hall–Kier alpha value is -2.79. The number of nitrogens with zero attached hydrogens (tertiary/aromatic N) is 2. The predicted octanol–water partition coefficient (Wildman–Crippen LogP) is 7.28. The van der Waals surface area contributed by atoms with E-state index in [9.17, 15) is 13.2 Å². The first-order valence-corrected chi connectivity index (χ1v) is 9.98. The fraction of sp³-hybridized carbons (Fsp3) is 0.208. The van der Waals surface area contributed by atoms with Crippen LogP contribution >= 0.6 is 11.6 Å². The molecule has 0 N–H and O–H groups in total. The second-order valence-electron chi connectivity index (χ2n) is 7.77. The standard InChI is InChI=1S/C24H20ClF3N2/c1-24(2,28)20-8-4-7-19-22(20)29-30(14-16-10-12-18(27)13-21(16)25)23(19)15-5-3-6-17(26)11-9-15/h3-4,6-13H,5,14H2,1-2H3. The molecule has 154 valence electrons. The van der Waals surface area contributed by atoms with Gasteiger partial charge in [-0.2, -0.15) is 5.10 Å². The summed E-state index contributed by atoms with van der Waals surface area (Å²) in [5.74, 6) is -0.763. The van der Waals surface area contributed by atoms with Gasteiger partial charge in [-0.25, -0.2) is 13.2 Å². The van der Waals surface area contributed by atoms with Crippen molar-refractivity contribution in [3.05, 3.63) is 94.2 Å². The molecular weight excluding hydrogens is 409 g/mol. The molecule has 1 aliphatic rings. The topological polar surface area (TPSA) is 17.8 Å². The molecule has 1 heterocycles. The Labute approximate surface area is 178 Å². The minimum Gasteiger partial charge on any atom is -0.259 e. The lowest BCUT2D eigenvalue weighted by molar-refractivity contribution is 0.223. The molecular formula is C24H20ClF3N2. The average Bonchev–Trinajstić information content (AvgIpc) is 2.90. The van der Waals surface area contributed by atoms with E-state index in [4.69, 9.17) is 16.7 Å². The lowest BCUT2D eigenvalue weighted by Gasteiger charge is -2.14. The fourth-order valence-corrected chi connectivity index (χ4v) is 3.90. The van der Waals surface area contributed by atoms with Gasteiger partial charge in [0.05, 0.1) is 17.8 Å². The van der Waals surface area contributed by atoms with Gasteiger partial charge in [0, 0.05) is 16.0 Å². The smallest absolute Gasteiger partial charge is 0.132 e. The second kappa shape index (κ2) is 7.80. The van der Waals surface area contributed by atoms with E-state index in [0.29, 0.717) is 23.1 Å². The van der Waals surface area contributed by atoms with Crippen LogP contribution in [0.25, 0.3) is 16.5 Å². The molecule has 0 unspecified atom stereocenters. The van der Waals surface area contributed by atoms with Gasteiger partial charge in [-0.1, -0.05) is 48.0 Å². The quantitative estimate of drug-likeness (QED) is 0.427. The van der Waals surface area contributed by atoms with Crippen LogP contribution in [0.1, 0.15) is 37.1 Å². The number of benzene rings is 2. The number of fused-ring (bicyclic) bond motifs is 1. The molecule has 1 aromatic heterocycles. The van der Waals surface area contributed by atoms with Crippen molar-refractivity contribution in [3.63, 3.8) is 0 Å². The highest BCUT2D eigenvalue weighted by atomic mass is 35.5. The maximum absolute atomic E-state index is 14.9. The van der Waals surface area contributed by atoms with E-state index < -0.39 is 11.5 Å². The minimum absolute atomic E-state index is 0.266. The summed E-state index contributed by atoms with van der Waals surface area (Å²) in [6, 6.07) is 9.59. The zero-order valence-electron chi connectivity index (χ0n) is 16.6. The van der Waals surface area contributed by atoms with E-state index in [0.717, 1.165) is 16.7 Å². The number of aromatic nitrogens is 2. The van der Waals surface area contributed by atoms with Gasteiger partial charge < -0.3 is 0 Å². The average molecular weight is 429 g/mol. The third-order valence-electron chi connectivity index (χ3n) is 5.11. The van der Waals surface area contributed by atoms with E-state index in [1.165, 1.54) is 38.1 Å². The molecule has 0 amide bonds. The first-order valence-electron chi connectivity index (χ1n) is 9.60. The third kappa shape index (κ3) is 3.94. The Morgan fingerprint density at radius 2 is 1.93 bits per heavy atom. The summed E-state index contributed by atoms with van der Waals surface area (Å²) >= 11 is 6.24. The highest BCUT2D eigenvalue weighted by molar-refractivity contribution is 6.31. The molecule has 0 spiro atoms. The normalized spacial score (nSPS) is 14.6. The van der Waals surface area contributed by atoms with Gasteiger partial charge in [0.25, 0.3) is 0 Å². The molecule has 0 radical (unpaired) electrons. The first-order chi connectivity index (χ1) is 14.2. The largest absolute Gasteiger partial charge is 0.259 e. The SMILES string of the molecule is CC(C)(F)c1cccc2c(C3=CC=C(F)C=CC3)n(Cc3ccc(F)cc3Cl)nc12. The predicted molar refractivity (Wildman–Crippen MR) is 115 cm³/mol. The molecule has 0 saturated heterocycles. The van der Waals surface area contributed by atoms with Crippen LogP contribution in [0.3, 0.4) is 0 Å². The summed E-state index contributed by atoms with van der Waals surface area (Å²) in [5, 5.41) is 5.76. The molecule has 6 heteroatoms. The number of hydrogen-bond donors (Lipinski definition) is 0. The molecule has 3 aromatic rings. The van der Waals surface area contributed by atoms with Gasteiger partial charge in [-0.15, -0.1) is 0 Å². The van der Waals surface area contributed by atoms with Gasteiger partial charge in [-0.3, -0.25) is 4.68 Å². The van der Waals surface area contributed by atoms with E-state index in [2.05, 4.69) is 0 Å². The lowest BCUT2D eigenvalue weighted by atomic mass is 9.95. The van der Waals surface area contributed by atoms with Crippen molar-refractivity contribution in [2.45, 2.75) is 32.5 Å². The molecule has 0 saturated carbocycles. The summed E-state index contributed by atoms with van der Waals surface area (Å²) in [6.07, 6.45) is 6.75.